The molecule has 1 heterocycles. The molecule has 6 heteroatoms. The van der Waals surface area contributed by atoms with E-state index in [4.69, 9.17) is 28.9 Å². The van der Waals surface area contributed by atoms with Gasteiger partial charge in [-0.25, -0.2) is 0 Å². The van der Waals surface area contributed by atoms with E-state index in [1.54, 1.807) is 29.2 Å². The molecule has 0 saturated heterocycles. The zero-order valence-corrected chi connectivity index (χ0v) is 13.9. The number of hydrogen-bond donors (Lipinski definition) is 1. The maximum absolute atomic E-state index is 6.16. The molecule has 18 heavy (non-hydrogen) atoms. The van der Waals surface area contributed by atoms with Crippen molar-refractivity contribution in [2.24, 2.45) is 5.73 Å². The molecular weight excluding hydrogens is 373 g/mol. The summed E-state index contributed by atoms with van der Waals surface area (Å²) >= 11 is 18.9. The highest BCUT2D eigenvalue weighted by Gasteiger charge is 2.15. The molecule has 0 amide bonds. The van der Waals surface area contributed by atoms with Gasteiger partial charge in [0, 0.05) is 21.3 Å². The zero-order valence-electron chi connectivity index (χ0n) is 9.20. The van der Waals surface area contributed by atoms with Crippen LogP contribution in [0.2, 0.25) is 10.0 Å². The highest BCUT2D eigenvalue weighted by Crippen LogP contribution is 2.42. The summed E-state index contributed by atoms with van der Waals surface area (Å²) < 4.78 is 1.11. The van der Waals surface area contributed by atoms with Gasteiger partial charge in [-0.1, -0.05) is 23.2 Å². The van der Waals surface area contributed by atoms with E-state index < -0.39 is 0 Å². The zero-order chi connectivity index (χ0) is 13.1. The largest absolute Gasteiger partial charge is 0.329 e. The average Bonchev–Trinajstić information content (AvgIpc) is 2.77. The molecule has 0 saturated carbocycles. The molecule has 0 aliphatic carbocycles. The number of rotatable bonds is 4. The number of halogens is 3. The monoisotopic (exact) mass is 381 g/mol. The SMILES string of the molecule is NCC(Sc1cc(Cl)ccc1Cl)c1ccc(Br)s1. The smallest absolute Gasteiger partial charge is 0.0701 e. The third-order valence-electron chi connectivity index (χ3n) is 2.29. The summed E-state index contributed by atoms with van der Waals surface area (Å²) in [6, 6.07) is 9.58. The molecule has 1 aromatic heterocycles. The van der Waals surface area contributed by atoms with Crippen molar-refractivity contribution in [3.63, 3.8) is 0 Å². The molecule has 96 valence electrons. The Morgan fingerprint density at radius 1 is 1.28 bits per heavy atom. The summed E-state index contributed by atoms with van der Waals surface area (Å²) in [6.45, 7) is 0.556. The minimum absolute atomic E-state index is 0.192. The van der Waals surface area contributed by atoms with Gasteiger partial charge in [0.25, 0.3) is 0 Å². The first-order valence-electron chi connectivity index (χ1n) is 5.17. The van der Waals surface area contributed by atoms with Gasteiger partial charge in [0.15, 0.2) is 0 Å². The van der Waals surface area contributed by atoms with Crippen molar-refractivity contribution in [2.45, 2.75) is 10.1 Å². The first kappa shape index (κ1) is 14.7. The van der Waals surface area contributed by atoms with Gasteiger partial charge < -0.3 is 5.73 Å². The van der Waals surface area contributed by atoms with Crippen LogP contribution in [0.1, 0.15) is 10.1 Å². The van der Waals surface area contributed by atoms with E-state index >= 15 is 0 Å². The number of thioether (sulfide) groups is 1. The highest BCUT2D eigenvalue weighted by atomic mass is 79.9. The second-order valence-corrected chi connectivity index (χ2v) is 8.14. The Kier molecular flexibility index (Phi) is 5.42. The van der Waals surface area contributed by atoms with Crippen LogP contribution in [-0.4, -0.2) is 6.54 Å². The van der Waals surface area contributed by atoms with Crippen LogP contribution in [-0.2, 0) is 0 Å². The molecule has 0 aliphatic rings. The lowest BCUT2D eigenvalue weighted by Gasteiger charge is -2.13. The molecule has 2 N–H and O–H groups in total. The second-order valence-electron chi connectivity index (χ2n) is 3.56. The fourth-order valence-electron chi connectivity index (χ4n) is 1.44. The van der Waals surface area contributed by atoms with Crippen LogP contribution in [0.5, 0.6) is 0 Å². The van der Waals surface area contributed by atoms with Crippen LogP contribution in [0.3, 0.4) is 0 Å². The highest BCUT2D eigenvalue weighted by molar-refractivity contribution is 9.11. The van der Waals surface area contributed by atoms with Crippen LogP contribution in [0, 0.1) is 0 Å². The molecule has 1 nitrogen and oxygen atoms in total. The molecule has 0 aliphatic heterocycles. The van der Waals surface area contributed by atoms with Crippen molar-refractivity contribution in [3.05, 3.63) is 49.0 Å². The Morgan fingerprint density at radius 2 is 2.06 bits per heavy atom. The fourth-order valence-corrected chi connectivity index (χ4v) is 4.61. The van der Waals surface area contributed by atoms with E-state index in [-0.39, 0.29) is 5.25 Å². The van der Waals surface area contributed by atoms with Crippen LogP contribution in [0.15, 0.2) is 39.0 Å². The third kappa shape index (κ3) is 3.65. The Labute approximate surface area is 133 Å². The van der Waals surface area contributed by atoms with Crippen LogP contribution < -0.4 is 5.73 Å². The van der Waals surface area contributed by atoms with Crippen molar-refractivity contribution in [3.8, 4) is 0 Å². The van der Waals surface area contributed by atoms with E-state index in [9.17, 15) is 0 Å². The molecule has 1 atom stereocenters. The van der Waals surface area contributed by atoms with Crippen molar-refractivity contribution >= 4 is 62.2 Å². The fraction of sp³-hybridized carbons (Fsp3) is 0.167. The quantitative estimate of drug-likeness (QED) is 0.695. The molecule has 0 bridgehead atoms. The van der Waals surface area contributed by atoms with Crippen molar-refractivity contribution in [1.29, 1.82) is 0 Å². The Hall–Kier alpha value is 0.290. The van der Waals surface area contributed by atoms with E-state index in [1.807, 2.05) is 18.2 Å². The first-order chi connectivity index (χ1) is 8.60. The predicted octanol–water partition coefficient (Wildman–Crippen LogP) is 5.61. The normalized spacial score (nSPS) is 12.7. The van der Waals surface area contributed by atoms with Crippen LogP contribution >= 0.6 is 62.2 Å². The summed E-state index contributed by atoms with van der Waals surface area (Å²) in [5.41, 5.74) is 5.84. The van der Waals surface area contributed by atoms with E-state index in [0.29, 0.717) is 16.6 Å². The van der Waals surface area contributed by atoms with E-state index in [1.165, 1.54) is 4.88 Å². The van der Waals surface area contributed by atoms with Gasteiger partial charge in [-0.3, -0.25) is 0 Å². The summed E-state index contributed by atoms with van der Waals surface area (Å²) in [7, 11) is 0. The lowest BCUT2D eigenvalue weighted by atomic mass is 10.3. The molecule has 2 aromatic rings. The summed E-state index contributed by atoms with van der Waals surface area (Å²) in [5.74, 6) is 0. The van der Waals surface area contributed by atoms with Crippen molar-refractivity contribution in [1.82, 2.24) is 0 Å². The van der Waals surface area contributed by atoms with Gasteiger partial charge in [-0.2, -0.15) is 0 Å². The molecular formula is C12H10BrCl2NS2. The van der Waals surface area contributed by atoms with Gasteiger partial charge in [-0.15, -0.1) is 23.1 Å². The predicted molar refractivity (Wildman–Crippen MR) is 86.1 cm³/mol. The Balaban J connectivity index is 2.22. The van der Waals surface area contributed by atoms with Crippen LogP contribution in [0.25, 0.3) is 0 Å². The number of thiophene rings is 1. The minimum atomic E-state index is 0.192. The van der Waals surface area contributed by atoms with Gasteiger partial charge in [-0.05, 0) is 46.3 Å². The van der Waals surface area contributed by atoms with Gasteiger partial charge in [0.05, 0.1) is 14.1 Å². The van der Waals surface area contributed by atoms with Crippen LogP contribution in [0.4, 0.5) is 0 Å². The second kappa shape index (κ2) is 6.64. The topological polar surface area (TPSA) is 26.0 Å². The lowest BCUT2D eigenvalue weighted by molar-refractivity contribution is 0.960. The van der Waals surface area contributed by atoms with Gasteiger partial charge in [0.1, 0.15) is 0 Å². The third-order valence-corrected chi connectivity index (χ3v) is 6.17. The minimum Gasteiger partial charge on any atom is -0.329 e. The Morgan fingerprint density at radius 3 is 2.67 bits per heavy atom. The molecule has 1 aromatic carbocycles. The lowest BCUT2D eigenvalue weighted by Crippen LogP contribution is -2.07. The molecule has 0 fully saturated rings. The maximum Gasteiger partial charge on any atom is 0.0701 e. The van der Waals surface area contributed by atoms with Gasteiger partial charge in [0.2, 0.25) is 0 Å². The van der Waals surface area contributed by atoms with E-state index in [2.05, 4.69) is 22.0 Å². The summed E-state index contributed by atoms with van der Waals surface area (Å²) in [5, 5.41) is 1.58. The number of hydrogen-bond acceptors (Lipinski definition) is 3. The molecule has 0 radical (unpaired) electrons. The maximum atomic E-state index is 6.16. The molecule has 2 rings (SSSR count). The number of benzene rings is 1. The van der Waals surface area contributed by atoms with Crippen molar-refractivity contribution in [2.75, 3.05) is 6.54 Å². The summed E-state index contributed by atoms with van der Waals surface area (Å²) in [6.07, 6.45) is 0. The first-order valence-corrected chi connectivity index (χ1v) is 8.41. The standard InChI is InChI=1S/C12H10BrCl2NS2/c13-12-4-3-9(18-12)11(6-16)17-10-5-7(14)1-2-8(10)15/h1-5,11H,6,16H2. The van der Waals surface area contributed by atoms with Gasteiger partial charge >= 0.3 is 0 Å². The molecule has 0 spiro atoms. The number of nitrogens with two attached hydrogens (primary N) is 1. The Bertz CT molecular complexity index is 545. The summed E-state index contributed by atoms with van der Waals surface area (Å²) in [4.78, 5) is 2.19. The van der Waals surface area contributed by atoms with Crippen molar-refractivity contribution < 1.29 is 0 Å². The van der Waals surface area contributed by atoms with E-state index in [0.717, 1.165) is 8.68 Å². The average molecular weight is 383 g/mol. The molecule has 1 unspecified atom stereocenters.